The van der Waals surface area contributed by atoms with Crippen LogP contribution in [0.15, 0.2) is 0 Å². The molecule has 1 rings (SSSR count). The minimum atomic E-state index is -0.350. The highest BCUT2D eigenvalue weighted by Gasteiger charge is 2.10. The van der Waals surface area contributed by atoms with E-state index in [1.165, 1.54) is 19.3 Å². The van der Waals surface area contributed by atoms with Gasteiger partial charge in [0.05, 0.1) is 12.7 Å². The predicted octanol–water partition coefficient (Wildman–Crippen LogP) is 0.785. The second-order valence-electron chi connectivity index (χ2n) is 3.13. The second kappa shape index (κ2) is 4.70. The number of piperidine rings is 1. The van der Waals surface area contributed by atoms with Crippen molar-refractivity contribution in [2.24, 2.45) is 0 Å². The number of aliphatic hydroxyl groups is 1. The van der Waals surface area contributed by atoms with Gasteiger partial charge in [0.15, 0.2) is 0 Å². The fourth-order valence-electron chi connectivity index (χ4n) is 1.21. The third-order valence-electron chi connectivity index (χ3n) is 1.81. The van der Waals surface area contributed by atoms with Crippen LogP contribution in [0.4, 0.5) is 0 Å². The summed E-state index contributed by atoms with van der Waals surface area (Å²) in [6, 6.07) is 0. The van der Waals surface area contributed by atoms with E-state index in [-0.39, 0.29) is 6.10 Å². The zero-order valence-corrected chi connectivity index (χ0v) is 7.12. The van der Waals surface area contributed by atoms with E-state index in [1.807, 2.05) is 5.06 Å². The van der Waals surface area contributed by atoms with E-state index in [0.29, 0.717) is 6.61 Å². The van der Waals surface area contributed by atoms with Gasteiger partial charge in [-0.1, -0.05) is 6.42 Å². The summed E-state index contributed by atoms with van der Waals surface area (Å²) in [7, 11) is 0. The van der Waals surface area contributed by atoms with E-state index in [9.17, 15) is 0 Å². The molecule has 0 spiro atoms. The maximum absolute atomic E-state index is 8.93. The van der Waals surface area contributed by atoms with Crippen molar-refractivity contribution >= 4 is 0 Å². The predicted molar refractivity (Wildman–Crippen MR) is 43.1 cm³/mol. The molecule has 0 saturated carbocycles. The fraction of sp³-hybridized carbons (Fsp3) is 1.00. The van der Waals surface area contributed by atoms with Crippen LogP contribution in [0.25, 0.3) is 0 Å². The molecular weight excluding hydrogens is 142 g/mol. The van der Waals surface area contributed by atoms with Crippen LogP contribution < -0.4 is 0 Å². The highest BCUT2D eigenvalue weighted by molar-refractivity contribution is 4.56. The zero-order valence-electron chi connectivity index (χ0n) is 7.12. The molecule has 0 aromatic heterocycles. The molecule has 0 amide bonds. The van der Waals surface area contributed by atoms with Crippen LogP contribution >= 0.6 is 0 Å². The van der Waals surface area contributed by atoms with E-state index in [2.05, 4.69) is 0 Å². The number of hydrogen-bond donors (Lipinski definition) is 1. The molecular formula is C8H17NO2. The van der Waals surface area contributed by atoms with Crippen molar-refractivity contribution in [2.75, 3.05) is 19.7 Å². The lowest BCUT2D eigenvalue weighted by Gasteiger charge is -2.25. The summed E-state index contributed by atoms with van der Waals surface area (Å²) < 4.78 is 0. The van der Waals surface area contributed by atoms with Crippen molar-refractivity contribution in [1.29, 1.82) is 0 Å². The quantitative estimate of drug-likeness (QED) is 0.660. The van der Waals surface area contributed by atoms with Gasteiger partial charge in [0, 0.05) is 13.1 Å². The molecule has 1 aliphatic rings. The molecule has 1 atom stereocenters. The lowest BCUT2D eigenvalue weighted by atomic mass is 10.2. The Morgan fingerprint density at radius 3 is 2.55 bits per heavy atom. The van der Waals surface area contributed by atoms with Crippen molar-refractivity contribution in [3.8, 4) is 0 Å². The number of hydrogen-bond acceptors (Lipinski definition) is 3. The Morgan fingerprint density at radius 2 is 2.00 bits per heavy atom. The van der Waals surface area contributed by atoms with Crippen LogP contribution in [-0.2, 0) is 4.84 Å². The molecule has 0 aromatic carbocycles. The number of rotatable bonds is 3. The average Bonchev–Trinajstić information content (AvgIpc) is 2.03. The van der Waals surface area contributed by atoms with Gasteiger partial charge in [0.25, 0.3) is 0 Å². The largest absolute Gasteiger partial charge is 0.391 e. The van der Waals surface area contributed by atoms with Gasteiger partial charge in [-0.25, -0.2) is 0 Å². The normalized spacial score (nSPS) is 23.5. The third-order valence-corrected chi connectivity index (χ3v) is 1.81. The third kappa shape index (κ3) is 3.70. The molecule has 0 bridgehead atoms. The van der Waals surface area contributed by atoms with E-state index in [1.54, 1.807) is 6.92 Å². The van der Waals surface area contributed by atoms with Crippen LogP contribution in [0.3, 0.4) is 0 Å². The average molecular weight is 159 g/mol. The molecule has 1 fully saturated rings. The van der Waals surface area contributed by atoms with Crippen LogP contribution in [0.5, 0.6) is 0 Å². The topological polar surface area (TPSA) is 32.7 Å². The van der Waals surface area contributed by atoms with Gasteiger partial charge in [-0.2, -0.15) is 5.06 Å². The lowest BCUT2D eigenvalue weighted by Crippen LogP contribution is -2.32. The van der Waals surface area contributed by atoms with E-state index < -0.39 is 0 Å². The molecule has 1 aliphatic heterocycles. The van der Waals surface area contributed by atoms with Crippen molar-refractivity contribution in [1.82, 2.24) is 5.06 Å². The summed E-state index contributed by atoms with van der Waals surface area (Å²) in [5.41, 5.74) is 0. The van der Waals surface area contributed by atoms with Crippen LogP contribution in [-0.4, -0.2) is 36.0 Å². The molecule has 66 valence electrons. The highest BCUT2D eigenvalue weighted by Crippen LogP contribution is 2.08. The number of hydroxylamine groups is 2. The minimum Gasteiger partial charge on any atom is -0.391 e. The van der Waals surface area contributed by atoms with Crippen LogP contribution in [0.2, 0.25) is 0 Å². The SMILES string of the molecule is CC(O)CON1CCCCC1. The smallest absolute Gasteiger partial charge is 0.0941 e. The maximum Gasteiger partial charge on any atom is 0.0941 e. The summed E-state index contributed by atoms with van der Waals surface area (Å²) >= 11 is 0. The van der Waals surface area contributed by atoms with Crippen LogP contribution in [0.1, 0.15) is 26.2 Å². The molecule has 3 heteroatoms. The first-order valence-electron chi connectivity index (χ1n) is 4.35. The summed E-state index contributed by atoms with van der Waals surface area (Å²) in [6.45, 7) is 4.21. The lowest BCUT2D eigenvalue weighted by molar-refractivity contribution is -0.184. The highest BCUT2D eigenvalue weighted by atomic mass is 16.7. The van der Waals surface area contributed by atoms with Crippen molar-refractivity contribution < 1.29 is 9.94 Å². The molecule has 0 aromatic rings. The molecule has 1 N–H and O–H groups in total. The summed E-state index contributed by atoms with van der Waals surface area (Å²) in [5, 5.41) is 10.9. The van der Waals surface area contributed by atoms with Gasteiger partial charge in [-0.3, -0.25) is 4.84 Å². The Kier molecular flexibility index (Phi) is 3.83. The number of aliphatic hydroxyl groups excluding tert-OH is 1. The first-order valence-corrected chi connectivity index (χ1v) is 4.35. The molecule has 1 saturated heterocycles. The summed E-state index contributed by atoms with van der Waals surface area (Å²) in [6.07, 6.45) is 3.41. The Labute approximate surface area is 67.9 Å². The Hall–Kier alpha value is -0.120. The van der Waals surface area contributed by atoms with Crippen molar-refractivity contribution in [2.45, 2.75) is 32.3 Å². The molecule has 0 radical (unpaired) electrons. The summed E-state index contributed by atoms with van der Waals surface area (Å²) in [5.74, 6) is 0. The van der Waals surface area contributed by atoms with Gasteiger partial charge in [0.2, 0.25) is 0 Å². The van der Waals surface area contributed by atoms with E-state index in [0.717, 1.165) is 13.1 Å². The molecule has 1 heterocycles. The van der Waals surface area contributed by atoms with Gasteiger partial charge < -0.3 is 5.11 Å². The molecule has 1 unspecified atom stereocenters. The molecule has 3 nitrogen and oxygen atoms in total. The van der Waals surface area contributed by atoms with Gasteiger partial charge in [-0.15, -0.1) is 0 Å². The maximum atomic E-state index is 8.93. The Balaban J connectivity index is 2.05. The Morgan fingerprint density at radius 1 is 1.36 bits per heavy atom. The number of nitrogens with zero attached hydrogens (tertiary/aromatic N) is 1. The Bertz CT molecular complexity index is 100. The fourth-order valence-corrected chi connectivity index (χ4v) is 1.21. The van der Waals surface area contributed by atoms with Crippen LogP contribution in [0, 0.1) is 0 Å². The monoisotopic (exact) mass is 159 g/mol. The molecule has 0 aliphatic carbocycles. The molecule has 11 heavy (non-hydrogen) atoms. The second-order valence-corrected chi connectivity index (χ2v) is 3.13. The zero-order chi connectivity index (χ0) is 8.10. The van der Waals surface area contributed by atoms with E-state index >= 15 is 0 Å². The summed E-state index contributed by atoms with van der Waals surface area (Å²) in [4.78, 5) is 5.33. The van der Waals surface area contributed by atoms with Crippen molar-refractivity contribution in [3.63, 3.8) is 0 Å². The van der Waals surface area contributed by atoms with Gasteiger partial charge in [-0.05, 0) is 19.8 Å². The standard InChI is InChI=1S/C8H17NO2/c1-8(10)7-11-9-5-3-2-4-6-9/h8,10H,2-7H2,1H3. The minimum absolute atomic E-state index is 0.350. The van der Waals surface area contributed by atoms with Crippen molar-refractivity contribution in [3.05, 3.63) is 0 Å². The first kappa shape index (κ1) is 8.97. The van der Waals surface area contributed by atoms with Gasteiger partial charge in [0.1, 0.15) is 0 Å². The first-order chi connectivity index (χ1) is 5.29. The van der Waals surface area contributed by atoms with Gasteiger partial charge >= 0.3 is 0 Å². The van der Waals surface area contributed by atoms with E-state index in [4.69, 9.17) is 9.94 Å².